The van der Waals surface area contributed by atoms with Crippen molar-refractivity contribution in [2.45, 2.75) is 6.23 Å². The van der Waals surface area contributed by atoms with Crippen molar-refractivity contribution in [3.8, 4) is 34.0 Å². The maximum Gasteiger partial charge on any atom is 0.161 e. The quantitative estimate of drug-likeness (QED) is 0.368. The topological polar surface area (TPSA) is 95.2 Å². The van der Waals surface area contributed by atoms with Crippen molar-refractivity contribution in [3.63, 3.8) is 0 Å². The molecule has 2 aromatic carbocycles. The van der Waals surface area contributed by atoms with Crippen molar-refractivity contribution in [2.24, 2.45) is 0 Å². The summed E-state index contributed by atoms with van der Waals surface area (Å²) in [5.41, 5.74) is 4.73. The first-order valence-electron chi connectivity index (χ1n) is 10.3. The van der Waals surface area contributed by atoms with E-state index in [1.165, 1.54) is 7.11 Å². The maximum absolute atomic E-state index is 10.5. The molecule has 0 amide bonds. The molecule has 0 aliphatic carbocycles. The molecule has 0 bridgehead atoms. The van der Waals surface area contributed by atoms with Gasteiger partial charge in [-0.15, -0.1) is 0 Å². The number of nitrogens with one attached hydrogen (secondary N) is 1. The number of likely N-dealkylation sites (N-methyl/N-ethyl adjacent to an activating group) is 1. The van der Waals surface area contributed by atoms with Crippen molar-refractivity contribution in [2.75, 3.05) is 34.3 Å². The number of benzene rings is 2. The van der Waals surface area contributed by atoms with Crippen molar-refractivity contribution >= 4 is 5.65 Å². The highest BCUT2D eigenvalue weighted by Gasteiger charge is 2.13. The van der Waals surface area contributed by atoms with Crippen LogP contribution in [0.1, 0.15) is 11.8 Å². The highest BCUT2D eigenvalue weighted by molar-refractivity contribution is 5.68. The first-order chi connectivity index (χ1) is 15.5. The van der Waals surface area contributed by atoms with Gasteiger partial charge in [0.05, 0.1) is 24.7 Å². The Morgan fingerprint density at radius 3 is 2.72 bits per heavy atom. The molecule has 1 unspecified atom stereocenters. The number of aliphatic hydroxyl groups is 1. The van der Waals surface area contributed by atoms with E-state index in [9.17, 15) is 10.2 Å². The molecule has 4 aromatic rings. The third kappa shape index (κ3) is 4.57. The Morgan fingerprint density at radius 1 is 1.09 bits per heavy atom. The lowest BCUT2D eigenvalue weighted by Crippen LogP contribution is -2.29. The fourth-order valence-electron chi connectivity index (χ4n) is 3.47. The van der Waals surface area contributed by atoms with Gasteiger partial charge >= 0.3 is 0 Å². The smallest absolute Gasteiger partial charge is 0.161 e. The summed E-state index contributed by atoms with van der Waals surface area (Å²) in [6.45, 7) is 1.51. The van der Waals surface area contributed by atoms with Gasteiger partial charge in [-0.05, 0) is 56.1 Å². The van der Waals surface area contributed by atoms with Crippen molar-refractivity contribution < 1.29 is 14.9 Å². The first-order valence-corrected chi connectivity index (χ1v) is 10.3. The van der Waals surface area contributed by atoms with Gasteiger partial charge in [0, 0.05) is 24.2 Å². The number of hydrogen-bond acceptors (Lipinski definition) is 7. The number of hydrogen-bond donors (Lipinski definition) is 3. The number of fused-ring (bicyclic) bond motifs is 1. The van der Waals surface area contributed by atoms with E-state index in [0.717, 1.165) is 34.6 Å². The summed E-state index contributed by atoms with van der Waals surface area (Å²) >= 11 is 0. The number of methoxy groups -OCH3 is 1. The third-order valence-corrected chi connectivity index (χ3v) is 5.23. The Balaban J connectivity index is 1.66. The highest BCUT2D eigenvalue weighted by atomic mass is 16.5. The molecule has 0 aliphatic heterocycles. The van der Waals surface area contributed by atoms with Gasteiger partial charge in [-0.2, -0.15) is 5.10 Å². The Bertz CT molecular complexity index is 1220. The summed E-state index contributed by atoms with van der Waals surface area (Å²) in [7, 11) is 5.50. The lowest BCUT2D eigenvalue weighted by Gasteiger charge is -2.16. The van der Waals surface area contributed by atoms with Crippen LogP contribution in [0.5, 0.6) is 11.5 Å². The van der Waals surface area contributed by atoms with Gasteiger partial charge in [0.2, 0.25) is 0 Å². The zero-order chi connectivity index (χ0) is 22.7. The van der Waals surface area contributed by atoms with E-state index in [2.05, 4.69) is 15.2 Å². The molecule has 0 aliphatic rings. The van der Waals surface area contributed by atoms with E-state index in [-0.39, 0.29) is 5.75 Å². The Kier molecular flexibility index (Phi) is 6.36. The van der Waals surface area contributed by atoms with E-state index >= 15 is 0 Å². The van der Waals surface area contributed by atoms with Crippen LogP contribution in [0.15, 0.2) is 60.8 Å². The Labute approximate surface area is 186 Å². The van der Waals surface area contributed by atoms with Crippen LogP contribution >= 0.6 is 0 Å². The second-order valence-electron chi connectivity index (χ2n) is 7.80. The van der Waals surface area contributed by atoms with Crippen LogP contribution in [0.2, 0.25) is 0 Å². The van der Waals surface area contributed by atoms with E-state index in [4.69, 9.17) is 9.84 Å². The van der Waals surface area contributed by atoms with Gasteiger partial charge in [-0.3, -0.25) is 5.32 Å². The molecule has 0 saturated carbocycles. The normalized spacial score (nSPS) is 12.4. The lowest BCUT2D eigenvalue weighted by molar-refractivity contribution is 0.136. The highest BCUT2D eigenvalue weighted by Crippen LogP contribution is 2.31. The summed E-state index contributed by atoms with van der Waals surface area (Å²) in [5, 5.41) is 28.3. The third-order valence-electron chi connectivity index (χ3n) is 5.23. The summed E-state index contributed by atoms with van der Waals surface area (Å²) in [6, 6.07) is 16.6. The zero-order valence-corrected chi connectivity index (χ0v) is 18.4. The minimum absolute atomic E-state index is 0.0789. The van der Waals surface area contributed by atoms with E-state index < -0.39 is 6.23 Å². The SMILES string of the molecule is COc1cc(-c2ccc3ncc(-c4cccc(C(O)NCCN(C)C)c4)n3n2)ccc1O. The van der Waals surface area contributed by atoms with Gasteiger partial charge in [0.15, 0.2) is 17.1 Å². The molecular weight excluding hydrogens is 406 g/mol. The molecule has 32 heavy (non-hydrogen) atoms. The predicted octanol–water partition coefficient (Wildman–Crippen LogP) is 2.92. The van der Waals surface area contributed by atoms with Crippen LogP contribution in [0.25, 0.3) is 28.2 Å². The molecule has 0 fully saturated rings. The van der Waals surface area contributed by atoms with Gasteiger partial charge in [0.25, 0.3) is 0 Å². The number of phenolic OH excluding ortho intramolecular Hbond substituents is 1. The standard InChI is InChI=1S/C24H27N5O3/c1-28(2)12-11-25-24(31)18-6-4-5-17(13-18)20-15-26-23-10-8-19(27-29(20)23)16-7-9-21(30)22(14-16)32-3/h4-10,13-15,24-25,30-31H,11-12H2,1-3H3. The molecule has 2 aromatic heterocycles. The van der Waals surface area contributed by atoms with Crippen LogP contribution in [-0.2, 0) is 0 Å². The number of imidazole rings is 1. The summed E-state index contributed by atoms with van der Waals surface area (Å²) in [4.78, 5) is 6.53. The maximum atomic E-state index is 10.5. The molecule has 1 atom stereocenters. The number of rotatable bonds is 8. The molecule has 4 rings (SSSR count). The fraction of sp³-hybridized carbons (Fsp3) is 0.250. The Hall–Kier alpha value is -3.46. The Morgan fingerprint density at radius 2 is 1.94 bits per heavy atom. The molecule has 0 spiro atoms. The molecule has 2 heterocycles. The minimum atomic E-state index is -0.762. The van der Waals surface area contributed by atoms with Crippen molar-refractivity contribution in [1.82, 2.24) is 24.8 Å². The molecule has 0 saturated heterocycles. The molecule has 8 heteroatoms. The number of nitrogens with zero attached hydrogens (tertiary/aromatic N) is 4. The largest absolute Gasteiger partial charge is 0.504 e. The van der Waals surface area contributed by atoms with Gasteiger partial charge in [-0.25, -0.2) is 9.50 Å². The monoisotopic (exact) mass is 433 g/mol. The number of aliphatic hydroxyl groups excluding tert-OH is 1. The summed E-state index contributed by atoms with van der Waals surface area (Å²) in [6.07, 6.45) is 1.01. The summed E-state index contributed by atoms with van der Waals surface area (Å²) in [5.74, 6) is 0.467. The van der Waals surface area contributed by atoms with Crippen LogP contribution < -0.4 is 10.1 Å². The van der Waals surface area contributed by atoms with Gasteiger partial charge in [-0.1, -0.05) is 18.2 Å². The van der Waals surface area contributed by atoms with E-state index in [1.807, 2.05) is 50.5 Å². The number of ether oxygens (including phenoxy) is 1. The van der Waals surface area contributed by atoms with Crippen LogP contribution in [-0.4, -0.2) is 64.0 Å². The first kappa shape index (κ1) is 21.8. The predicted molar refractivity (Wildman–Crippen MR) is 124 cm³/mol. The molecule has 0 radical (unpaired) electrons. The van der Waals surface area contributed by atoms with Gasteiger partial charge in [0.1, 0.15) is 6.23 Å². The van der Waals surface area contributed by atoms with Crippen LogP contribution in [0.4, 0.5) is 0 Å². The second kappa shape index (κ2) is 9.35. The van der Waals surface area contributed by atoms with E-state index in [0.29, 0.717) is 17.9 Å². The van der Waals surface area contributed by atoms with Crippen LogP contribution in [0, 0.1) is 0 Å². The summed E-state index contributed by atoms with van der Waals surface area (Å²) < 4.78 is 7.00. The number of aromatic nitrogens is 3. The number of aromatic hydroxyl groups is 1. The minimum Gasteiger partial charge on any atom is -0.504 e. The molecular formula is C24H27N5O3. The van der Waals surface area contributed by atoms with Crippen molar-refractivity contribution in [1.29, 1.82) is 0 Å². The fourth-order valence-corrected chi connectivity index (χ4v) is 3.47. The number of phenols is 1. The average molecular weight is 434 g/mol. The van der Waals surface area contributed by atoms with E-state index in [1.54, 1.807) is 28.9 Å². The molecule has 166 valence electrons. The second-order valence-corrected chi connectivity index (χ2v) is 7.80. The zero-order valence-electron chi connectivity index (χ0n) is 18.4. The van der Waals surface area contributed by atoms with Crippen LogP contribution in [0.3, 0.4) is 0 Å². The molecule has 3 N–H and O–H groups in total. The van der Waals surface area contributed by atoms with Gasteiger partial charge < -0.3 is 19.8 Å². The van der Waals surface area contributed by atoms with Crippen molar-refractivity contribution in [3.05, 3.63) is 66.4 Å². The average Bonchev–Trinajstić information content (AvgIpc) is 3.22. The molecule has 8 nitrogen and oxygen atoms in total. The lowest BCUT2D eigenvalue weighted by atomic mass is 10.1.